The zero-order chi connectivity index (χ0) is 14.3. The smallest absolute Gasteiger partial charge is 0.0630 e. The lowest BCUT2D eigenvalue weighted by atomic mass is 10.3. The van der Waals surface area contributed by atoms with E-state index >= 15 is 0 Å². The highest BCUT2D eigenvalue weighted by Gasteiger charge is 1.93. The number of hydrogen-bond acceptors (Lipinski definition) is 2. The molecule has 1 N–H and O–H groups in total. The Labute approximate surface area is 123 Å². The Kier molecular flexibility index (Phi) is 4.03. The van der Waals surface area contributed by atoms with Gasteiger partial charge in [0.15, 0.2) is 0 Å². The highest BCUT2D eigenvalue weighted by atomic mass is 14.7. The first-order chi connectivity index (χ1) is 10.4. The fourth-order valence-electron chi connectivity index (χ4n) is 1.92. The van der Waals surface area contributed by atoms with Crippen LogP contribution in [0.15, 0.2) is 60.9 Å². The standard InChI is InChI=1S/C18H15N3/c1-3-13-19-15(5-1)7-9-17-11-12-18(21-17)10-8-16-6-2-4-14-20-16/h1-14,21H/b9-7+,10-8+. The summed E-state index contributed by atoms with van der Waals surface area (Å²) in [5.74, 6) is 0. The van der Waals surface area contributed by atoms with Crippen molar-refractivity contribution in [1.29, 1.82) is 0 Å². The van der Waals surface area contributed by atoms with Crippen molar-refractivity contribution in [3.8, 4) is 0 Å². The molecule has 0 bridgehead atoms. The Morgan fingerprint density at radius 2 is 1.14 bits per heavy atom. The third-order valence-electron chi connectivity index (χ3n) is 2.97. The molecule has 0 unspecified atom stereocenters. The number of H-pyrrole nitrogens is 1. The second-order valence-corrected chi connectivity index (χ2v) is 4.54. The Morgan fingerprint density at radius 3 is 1.57 bits per heavy atom. The minimum atomic E-state index is 0.942. The predicted molar refractivity (Wildman–Crippen MR) is 87.1 cm³/mol. The van der Waals surface area contributed by atoms with E-state index in [0.717, 1.165) is 22.8 Å². The number of aromatic nitrogens is 3. The van der Waals surface area contributed by atoms with Crippen molar-refractivity contribution in [3.05, 3.63) is 83.7 Å². The second-order valence-electron chi connectivity index (χ2n) is 4.54. The Bertz CT molecular complexity index is 676. The molecule has 0 saturated heterocycles. The summed E-state index contributed by atoms with van der Waals surface area (Å²) < 4.78 is 0. The van der Waals surface area contributed by atoms with Crippen LogP contribution in [-0.4, -0.2) is 15.0 Å². The summed E-state index contributed by atoms with van der Waals surface area (Å²) in [6.45, 7) is 0. The maximum absolute atomic E-state index is 4.25. The van der Waals surface area contributed by atoms with Crippen LogP contribution >= 0.6 is 0 Å². The number of nitrogens with one attached hydrogen (secondary N) is 1. The van der Waals surface area contributed by atoms with E-state index in [1.165, 1.54) is 0 Å². The SMILES string of the molecule is C(=C\c1ccc(/C=C/c2ccccn2)[nH]1)/c1ccccn1. The fourth-order valence-corrected chi connectivity index (χ4v) is 1.92. The summed E-state index contributed by atoms with van der Waals surface area (Å²) in [5, 5.41) is 0. The largest absolute Gasteiger partial charge is 0.356 e. The molecule has 102 valence electrons. The van der Waals surface area contributed by atoms with Crippen LogP contribution in [0.2, 0.25) is 0 Å². The van der Waals surface area contributed by atoms with Gasteiger partial charge in [0.25, 0.3) is 0 Å². The molecule has 3 aromatic heterocycles. The van der Waals surface area contributed by atoms with E-state index in [1.54, 1.807) is 12.4 Å². The Hall–Kier alpha value is -2.94. The Balaban J connectivity index is 1.69. The van der Waals surface area contributed by atoms with Crippen LogP contribution in [0.1, 0.15) is 22.8 Å². The van der Waals surface area contributed by atoms with Crippen molar-refractivity contribution in [3.63, 3.8) is 0 Å². The topological polar surface area (TPSA) is 41.6 Å². The molecule has 3 nitrogen and oxygen atoms in total. The van der Waals surface area contributed by atoms with Crippen molar-refractivity contribution in [2.24, 2.45) is 0 Å². The predicted octanol–water partition coefficient (Wildman–Crippen LogP) is 4.15. The maximum atomic E-state index is 4.25. The summed E-state index contributed by atoms with van der Waals surface area (Å²) in [6.07, 6.45) is 11.6. The lowest BCUT2D eigenvalue weighted by molar-refractivity contribution is 1.29. The first-order valence-electron chi connectivity index (χ1n) is 6.77. The molecule has 3 rings (SSSR count). The van der Waals surface area contributed by atoms with Gasteiger partial charge in [-0.05, 0) is 60.7 Å². The molecule has 0 radical (unpaired) electrons. The summed E-state index contributed by atoms with van der Waals surface area (Å²) in [7, 11) is 0. The van der Waals surface area contributed by atoms with E-state index in [1.807, 2.05) is 72.8 Å². The third kappa shape index (κ3) is 3.76. The number of rotatable bonds is 4. The van der Waals surface area contributed by atoms with Gasteiger partial charge < -0.3 is 4.98 Å². The monoisotopic (exact) mass is 273 g/mol. The van der Waals surface area contributed by atoms with Crippen molar-refractivity contribution in [2.45, 2.75) is 0 Å². The van der Waals surface area contributed by atoms with E-state index in [4.69, 9.17) is 0 Å². The lowest BCUT2D eigenvalue weighted by Gasteiger charge is -1.91. The lowest BCUT2D eigenvalue weighted by Crippen LogP contribution is -1.78. The van der Waals surface area contributed by atoms with Gasteiger partial charge in [-0.3, -0.25) is 9.97 Å². The van der Waals surface area contributed by atoms with Crippen LogP contribution in [0.5, 0.6) is 0 Å². The summed E-state index contributed by atoms with van der Waals surface area (Å²) in [5.41, 5.74) is 3.97. The molecule has 0 saturated carbocycles. The van der Waals surface area contributed by atoms with Gasteiger partial charge in [0.1, 0.15) is 0 Å². The van der Waals surface area contributed by atoms with Gasteiger partial charge in [0.2, 0.25) is 0 Å². The number of hydrogen-bond donors (Lipinski definition) is 1. The number of nitrogens with zero attached hydrogens (tertiary/aromatic N) is 2. The molecule has 3 heteroatoms. The van der Waals surface area contributed by atoms with Gasteiger partial charge >= 0.3 is 0 Å². The summed E-state index contributed by atoms with van der Waals surface area (Å²) in [6, 6.07) is 15.8. The van der Waals surface area contributed by atoms with Gasteiger partial charge in [-0.1, -0.05) is 12.1 Å². The van der Waals surface area contributed by atoms with Gasteiger partial charge in [-0.2, -0.15) is 0 Å². The highest BCUT2D eigenvalue weighted by Crippen LogP contribution is 2.09. The molecule has 3 aromatic rings. The summed E-state index contributed by atoms with van der Waals surface area (Å²) >= 11 is 0. The van der Waals surface area contributed by atoms with E-state index < -0.39 is 0 Å². The quantitative estimate of drug-likeness (QED) is 0.776. The molecule has 0 aliphatic rings. The van der Waals surface area contributed by atoms with Crippen LogP contribution in [0.4, 0.5) is 0 Å². The van der Waals surface area contributed by atoms with Crippen LogP contribution in [0, 0.1) is 0 Å². The number of aromatic amines is 1. The van der Waals surface area contributed by atoms with Gasteiger partial charge in [0.05, 0.1) is 11.4 Å². The third-order valence-corrected chi connectivity index (χ3v) is 2.97. The van der Waals surface area contributed by atoms with Crippen LogP contribution < -0.4 is 0 Å². The molecular formula is C18H15N3. The molecular weight excluding hydrogens is 258 g/mol. The average molecular weight is 273 g/mol. The van der Waals surface area contributed by atoms with Crippen LogP contribution in [-0.2, 0) is 0 Å². The molecule has 0 aliphatic carbocycles. The van der Waals surface area contributed by atoms with Gasteiger partial charge in [-0.15, -0.1) is 0 Å². The maximum Gasteiger partial charge on any atom is 0.0630 e. The molecule has 0 amide bonds. The zero-order valence-electron chi connectivity index (χ0n) is 11.5. The first-order valence-corrected chi connectivity index (χ1v) is 6.77. The minimum Gasteiger partial charge on any atom is -0.356 e. The van der Waals surface area contributed by atoms with Crippen molar-refractivity contribution in [1.82, 2.24) is 15.0 Å². The molecule has 3 heterocycles. The van der Waals surface area contributed by atoms with Gasteiger partial charge in [0, 0.05) is 23.8 Å². The number of pyridine rings is 2. The first kappa shape index (κ1) is 13.1. The van der Waals surface area contributed by atoms with Gasteiger partial charge in [-0.25, -0.2) is 0 Å². The van der Waals surface area contributed by atoms with E-state index in [9.17, 15) is 0 Å². The summed E-state index contributed by atoms with van der Waals surface area (Å²) in [4.78, 5) is 11.8. The zero-order valence-corrected chi connectivity index (χ0v) is 11.5. The van der Waals surface area contributed by atoms with E-state index in [-0.39, 0.29) is 0 Å². The fraction of sp³-hybridized carbons (Fsp3) is 0. The minimum absolute atomic E-state index is 0.942. The molecule has 21 heavy (non-hydrogen) atoms. The van der Waals surface area contributed by atoms with Crippen LogP contribution in [0.3, 0.4) is 0 Å². The normalized spacial score (nSPS) is 11.4. The molecule has 0 spiro atoms. The van der Waals surface area contributed by atoms with Crippen molar-refractivity contribution < 1.29 is 0 Å². The van der Waals surface area contributed by atoms with Crippen LogP contribution in [0.25, 0.3) is 24.3 Å². The molecule has 0 aromatic carbocycles. The van der Waals surface area contributed by atoms with E-state index in [0.29, 0.717) is 0 Å². The second kappa shape index (κ2) is 6.48. The van der Waals surface area contributed by atoms with E-state index in [2.05, 4.69) is 15.0 Å². The Morgan fingerprint density at radius 1 is 0.619 bits per heavy atom. The molecule has 0 fully saturated rings. The van der Waals surface area contributed by atoms with Crippen molar-refractivity contribution >= 4 is 24.3 Å². The molecule has 0 aliphatic heterocycles. The van der Waals surface area contributed by atoms with Crippen molar-refractivity contribution in [2.75, 3.05) is 0 Å². The molecule has 0 atom stereocenters. The highest BCUT2D eigenvalue weighted by molar-refractivity contribution is 5.70. The average Bonchev–Trinajstić information content (AvgIpc) is 3.01.